The van der Waals surface area contributed by atoms with Crippen LogP contribution in [-0.2, 0) is 0 Å². The lowest BCUT2D eigenvalue weighted by Gasteiger charge is -2.07. The fourth-order valence-corrected chi connectivity index (χ4v) is 2.41. The number of hydrogen-bond donors (Lipinski definition) is 1. The van der Waals surface area contributed by atoms with Gasteiger partial charge in [-0.1, -0.05) is 34.8 Å². The Bertz CT molecular complexity index is 577. The van der Waals surface area contributed by atoms with E-state index in [1.165, 1.54) is 22.9 Å². The molecule has 2 rings (SSSR count). The van der Waals surface area contributed by atoms with Gasteiger partial charge < -0.3 is 0 Å². The first kappa shape index (κ1) is 11.6. The van der Waals surface area contributed by atoms with Crippen LogP contribution in [0.15, 0.2) is 23.0 Å². The van der Waals surface area contributed by atoms with Crippen LogP contribution in [0.3, 0.4) is 0 Å². The summed E-state index contributed by atoms with van der Waals surface area (Å²) >= 11 is 17.8. The average Bonchev–Trinajstić information content (AvgIpc) is 2.43. The molecule has 0 amide bonds. The van der Waals surface area contributed by atoms with Gasteiger partial charge in [0.2, 0.25) is 0 Å². The number of nitrogens with one attached hydrogen (secondary N) is 1. The summed E-state index contributed by atoms with van der Waals surface area (Å²) in [5, 5.41) is 3.92. The molecule has 0 aliphatic heterocycles. The summed E-state index contributed by atoms with van der Waals surface area (Å²) in [5.74, 6) is 0. The molecule has 0 unspecified atom stereocenters. The summed E-state index contributed by atoms with van der Waals surface area (Å²) in [6.45, 7) is 1.77. The van der Waals surface area contributed by atoms with E-state index in [0.717, 1.165) is 5.69 Å². The minimum Gasteiger partial charge on any atom is -0.295 e. The van der Waals surface area contributed by atoms with Crippen molar-refractivity contribution < 1.29 is 0 Å². The summed E-state index contributed by atoms with van der Waals surface area (Å²) in [7, 11) is 0. The molecule has 0 saturated heterocycles. The second-order valence-corrected chi connectivity index (χ2v) is 4.58. The van der Waals surface area contributed by atoms with Gasteiger partial charge in [-0.25, -0.2) is 4.68 Å². The number of nitrogens with zero attached hydrogens (tertiary/aromatic N) is 1. The van der Waals surface area contributed by atoms with Crippen molar-refractivity contribution in [3.8, 4) is 5.69 Å². The lowest BCUT2D eigenvalue weighted by Crippen LogP contribution is -2.14. The molecule has 16 heavy (non-hydrogen) atoms. The van der Waals surface area contributed by atoms with E-state index in [0.29, 0.717) is 20.8 Å². The van der Waals surface area contributed by atoms with Crippen molar-refractivity contribution in [3.63, 3.8) is 0 Å². The first-order valence-electron chi connectivity index (χ1n) is 4.42. The van der Waals surface area contributed by atoms with E-state index in [2.05, 4.69) is 5.10 Å². The highest BCUT2D eigenvalue weighted by atomic mass is 35.5. The molecule has 84 valence electrons. The van der Waals surface area contributed by atoms with E-state index in [4.69, 9.17) is 34.8 Å². The Labute approximate surface area is 107 Å². The molecule has 0 fully saturated rings. The molecule has 0 bridgehead atoms. The number of aryl methyl sites for hydroxylation is 1. The minimum atomic E-state index is -0.219. The maximum Gasteiger partial charge on any atom is 0.271 e. The topological polar surface area (TPSA) is 37.8 Å². The molecule has 0 aliphatic rings. The molecule has 3 nitrogen and oxygen atoms in total. The molecule has 1 aromatic carbocycles. The Morgan fingerprint density at radius 3 is 2.12 bits per heavy atom. The Hall–Kier alpha value is -0.900. The van der Waals surface area contributed by atoms with Crippen LogP contribution in [0.5, 0.6) is 0 Å². The van der Waals surface area contributed by atoms with Crippen LogP contribution in [0.25, 0.3) is 5.69 Å². The third-order valence-electron chi connectivity index (χ3n) is 2.05. The first-order valence-corrected chi connectivity index (χ1v) is 5.56. The molecule has 6 heteroatoms. The predicted octanol–water partition coefficient (Wildman–Crippen LogP) is 3.43. The van der Waals surface area contributed by atoms with Crippen molar-refractivity contribution in [1.29, 1.82) is 0 Å². The van der Waals surface area contributed by atoms with E-state index in [1.807, 2.05) is 0 Å². The van der Waals surface area contributed by atoms with E-state index >= 15 is 0 Å². The zero-order chi connectivity index (χ0) is 11.9. The van der Waals surface area contributed by atoms with Crippen LogP contribution in [0, 0.1) is 6.92 Å². The lowest BCUT2D eigenvalue weighted by atomic mass is 10.3. The number of benzene rings is 1. The second kappa shape index (κ2) is 4.17. The number of halogens is 3. The van der Waals surface area contributed by atoms with Crippen LogP contribution in [0.1, 0.15) is 5.69 Å². The number of aromatic amines is 1. The summed E-state index contributed by atoms with van der Waals surface area (Å²) in [5.41, 5.74) is 0.918. The van der Waals surface area contributed by atoms with Gasteiger partial charge in [-0.3, -0.25) is 9.89 Å². The van der Waals surface area contributed by atoms with Crippen LogP contribution in [0.2, 0.25) is 15.1 Å². The average molecular weight is 278 g/mol. The molecule has 2 aromatic rings. The quantitative estimate of drug-likeness (QED) is 0.852. The zero-order valence-corrected chi connectivity index (χ0v) is 10.5. The standard InChI is InChI=1S/C10H7Cl3N2O/c1-5-2-9(16)15(14-5)10-7(12)3-6(11)4-8(10)13/h2-4,14H,1H3. The second-order valence-electron chi connectivity index (χ2n) is 3.33. The fraction of sp³-hybridized carbons (Fsp3) is 0.100. The van der Waals surface area contributed by atoms with Crippen LogP contribution in [-0.4, -0.2) is 9.78 Å². The first-order chi connectivity index (χ1) is 7.49. The molecular formula is C10H7Cl3N2O. The van der Waals surface area contributed by atoms with Crippen LogP contribution < -0.4 is 5.56 Å². The number of H-pyrrole nitrogens is 1. The Morgan fingerprint density at radius 1 is 1.12 bits per heavy atom. The molecule has 1 aromatic heterocycles. The summed E-state index contributed by atoms with van der Waals surface area (Å²) in [6, 6.07) is 4.53. The van der Waals surface area contributed by atoms with Crippen LogP contribution in [0.4, 0.5) is 0 Å². The van der Waals surface area contributed by atoms with E-state index in [1.54, 1.807) is 6.92 Å². The van der Waals surface area contributed by atoms with Gasteiger partial charge in [0.1, 0.15) is 5.69 Å². The van der Waals surface area contributed by atoms with Crippen molar-refractivity contribution in [3.05, 3.63) is 49.3 Å². The number of hydrogen-bond acceptors (Lipinski definition) is 1. The highest BCUT2D eigenvalue weighted by Gasteiger charge is 2.12. The van der Waals surface area contributed by atoms with Gasteiger partial charge in [0.25, 0.3) is 5.56 Å². The number of aromatic nitrogens is 2. The predicted molar refractivity (Wildman–Crippen MR) is 66.2 cm³/mol. The normalized spacial score (nSPS) is 10.8. The smallest absolute Gasteiger partial charge is 0.271 e. The summed E-state index contributed by atoms with van der Waals surface area (Å²) in [4.78, 5) is 11.6. The summed E-state index contributed by atoms with van der Waals surface area (Å²) in [6.07, 6.45) is 0. The minimum absolute atomic E-state index is 0.219. The zero-order valence-electron chi connectivity index (χ0n) is 8.22. The molecule has 0 aliphatic carbocycles. The van der Waals surface area contributed by atoms with Gasteiger partial charge in [0.05, 0.1) is 10.0 Å². The van der Waals surface area contributed by atoms with E-state index in [-0.39, 0.29) is 5.56 Å². The highest BCUT2D eigenvalue weighted by molar-refractivity contribution is 6.40. The van der Waals surface area contributed by atoms with E-state index < -0.39 is 0 Å². The van der Waals surface area contributed by atoms with Crippen molar-refractivity contribution in [2.75, 3.05) is 0 Å². The fourth-order valence-electron chi connectivity index (χ4n) is 1.43. The van der Waals surface area contributed by atoms with E-state index in [9.17, 15) is 4.79 Å². The SMILES string of the molecule is Cc1cc(=O)n(-c2c(Cl)cc(Cl)cc2Cl)[nH]1. The van der Waals surface area contributed by atoms with Gasteiger partial charge in [-0.05, 0) is 19.1 Å². The Morgan fingerprint density at radius 2 is 1.69 bits per heavy atom. The molecular weight excluding hydrogens is 270 g/mol. The third kappa shape index (κ3) is 1.98. The van der Waals surface area contributed by atoms with Crippen molar-refractivity contribution in [1.82, 2.24) is 9.78 Å². The molecule has 0 radical (unpaired) electrons. The molecule has 1 N–H and O–H groups in total. The van der Waals surface area contributed by atoms with Crippen LogP contribution >= 0.6 is 34.8 Å². The molecule has 1 heterocycles. The summed E-state index contributed by atoms with van der Waals surface area (Å²) < 4.78 is 1.29. The maximum absolute atomic E-state index is 11.6. The van der Waals surface area contributed by atoms with Gasteiger partial charge in [0, 0.05) is 16.8 Å². The monoisotopic (exact) mass is 276 g/mol. The largest absolute Gasteiger partial charge is 0.295 e. The van der Waals surface area contributed by atoms with Gasteiger partial charge in [-0.2, -0.15) is 0 Å². The third-order valence-corrected chi connectivity index (χ3v) is 2.85. The Balaban J connectivity index is 2.74. The lowest BCUT2D eigenvalue weighted by molar-refractivity contribution is 0.836. The van der Waals surface area contributed by atoms with Gasteiger partial charge in [-0.15, -0.1) is 0 Å². The highest BCUT2D eigenvalue weighted by Crippen LogP contribution is 2.30. The van der Waals surface area contributed by atoms with Gasteiger partial charge >= 0.3 is 0 Å². The van der Waals surface area contributed by atoms with Gasteiger partial charge in [0.15, 0.2) is 0 Å². The molecule has 0 atom stereocenters. The maximum atomic E-state index is 11.6. The number of rotatable bonds is 1. The van der Waals surface area contributed by atoms with Crippen molar-refractivity contribution >= 4 is 34.8 Å². The van der Waals surface area contributed by atoms with Crippen molar-refractivity contribution in [2.24, 2.45) is 0 Å². The molecule has 0 saturated carbocycles. The Kier molecular flexibility index (Phi) is 3.02. The van der Waals surface area contributed by atoms with Crippen molar-refractivity contribution in [2.45, 2.75) is 6.92 Å². The molecule has 0 spiro atoms.